The van der Waals surface area contributed by atoms with E-state index >= 15 is 0 Å². The first-order valence-electron chi connectivity index (χ1n) is 7.75. The van der Waals surface area contributed by atoms with E-state index in [4.69, 9.17) is 0 Å². The Morgan fingerprint density at radius 3 is 2.32 bits per heavy atom. The number of benzene rings is 1. The van der Waals surface area contributed by atoms with Crippen molar-refractivity contribution in [2.75, 3.05) is 5.32 Å². The van der Waals surface area contributed by atoms with Crippen molar-refractivity contribution in [2.24, 2.45) is 16.7 Å². The molecule has 1 aromatic rings. The molecule has 4 nitrogen and oxygen atoms in total. The first kappa shape index (κ1) is 14.9. The molecule has 0 aliphatic heterocycles. The van der Waals surface area contributed by atoms with Crippen LogP contribution in [0.1, 0.15) is 50.4 Å². The van der Waals surface area contributed by atoms with Gasteiger partial charge in [-0.1, -0.05) is 13.8 Å². The second-order valence-electron chi connectivity index (χ2n) is 7.16. The SMILES string of the molecule is CC(=O)c1ccc(NC(=O)[C@@]23CC[C@@H](C2)C(C)(C)C3=O)cc1. The molecule has 4 heteroatoms. The number of carbonyl (C=O) groups is 3. The van der Waals surface area contributed by atoms with Gasteiger partial charge in [-0.15, -0.1) is 0 Å². The Morgan fingerprint density at radius 1 is 1.18 bits per heavy atom. The molecule has 0 saturated heterocycles. The van der Waals surface area contributed by atoms with Crippen molar-refractivity contribution in [3.05, 3.63) is 29.8 Å². The van der Waals surface area contributed by atoms with Crippen LogP contribution in [-0.4, -0.2) is 17.5 Å². The summed E-state index contributed by atoms with van der Waals surface area (Å²) in [7, 11) is 0. The molecule has 0 heterocycles. The Morgan fingerprint density at radius 2 is 1.82 bits per heavy atom. The van der Waals surface area contributed by atoms with Gasteiger partial charge >= 0.3 is 0 Å². The molecule has 2 saturated carbocycles. The Kier molecular flexibility index (Phi) is 3.24. The van der Waals surface area contributed by atoms with Crippen LogP contribution in [-0.2, 0) is 9.59 Å². The average molecular weight is 299 g/mol. The van der Waals surface area contributed by atoms with Gasteiger partial charge < -0.3 is 5.32 Å². The predicted octanol–water partition coefficient (Wildman–Crippen LogP) is 3.22. The maximum atomic E-state index is 12.7. The minimum absolute atomic E-state index is 0.0113. The quantitative estimate of drug-likeness (QED) is 0.688. The van der Waals surface area contributed by atoms with Gasteiger partial charge in [0, 0.05) is 16.7 Å². The Bertz CT molecular complexity index is 659. The number of rotatable bonds is 3. The van der Waals surface area contributed by atoms with Crippen LogP contribution in [0, 0.1) is 16.7 Å². The normalized spacial score (nSPS) is 28.7. The Balaban J connectivity index is 1.80. The summed E-state index contributed by atoms with van der Waals surface area (Å²) in [5, 5.41) is 2.87. The van der Waals surface area contributed by atoms with Crippen LogP contribution >= 0.6 is 0 Å². The number of anilines is 1. The summed E-state index contributed by atoms with van der Waals surface area (Å²) >= 11 is 0. The van der Waals surface area contributed by atoms with E-state index in [9.17, 15) is 14.4 Å². The standard InChI is InChI=1S/C18H21NO3/c1-11(20)12-4-6-14(7-5-12)19-16(22)18-9-8-13(10-18)17(2,3)15(18)21/h4-7,13H,8-10H2,1-3H3,(H,19,22)/t13-,18-/m0/s1. The van der Waals surface area contributed by atoms with Crippen molar-refractivity contribution in [1.29, 1.82) is 0 Å². The molecule has 2 fully saturated rings. The summed E-state index contributed by atoms with van der Waals surface area (Å²) in [5.74, 6) is 0.184. The summed E-state index contributed by atoms with van der Waals surface area (Å²) in [5.41, 5.74) is -0.0119. The molecule has 0 radical (unpaired) electrons. The molecule has 1 aromatic carbocycles. The zero-order valence-corrected chi connectivity index (χ0v) is 13.2. The predicted molar refractivity (Wildman–Crippen MR) is 83.6 cm³/mol. The van der Waals surface area contributed by atoms with Gasteiger partial charge in [0.1, 0.15) is 5.41 Å². The van der Waals surface area contributed by atoms with Gasteiger partial charge in [-0.25, -0.2) is 0 Å². The molecule has 1 amide bonds. The van der Waals surface area contributed by atoms with Crippen LogP contribution in [0.2, 0.25) is 0 Å². The summed E-state index contributed by atoms with van der Waals surface area (Å²) in [4.78, 5) is 36.7. The first-order valence-corrected chi connectivity index (χ1v) is 7.75. The van der Waals surface area contributed by atoms with Gasteiger partial charge in [0.2, 0.25) is 5.91 Å². The third kappa shape index (κ3) is 2.01. The molecule has 1 N–H and O–H groups in total. The molecule has 3 rings (SSSR count). The third-order valence-corrected chi connectivity index (χ3v) is 5.54. The minimum Gasteiger partial charge on any atom is -0.325 e. The van der Waals surface area contributed by atoms with E-state index in [0.29, 0.717) is 30.0 Å². The fourth-order valence-electron chi connectivity index (χ4n) is 4.02. The first-order chi connectivity index (χ1) is 10.3. The van der Waals surface area contributed by atoms with Gasteiger partial charge in [-0.05, 0) is 56.4 Å². The molecular weight excluding hydrogens is 278 g/mol. The molecular formula is C18H21NO3. The van der Waals surface area contributed by atoms with Crippen LogP contribution in [0.3, 0.4) is 0 Å². The molecule has 2 aliphatic rings. The maximum Gasteiger partial charge on any atom is 0.238 e. The van der Waals surface area contributed by atoms with Crippen LogP contribution in [0.25, 0.3) is 0 Å². The van der Waals surface area contributed by atoms with E-state index < -0.39 is 10.8 Å². The number of hydrogen-bond donors (Lipinski definition) is 1. The van der Waals surface area contributed by atoms with Gasteiger partial charge in [-0.3, -0.25) is 14.4 Å². The highest BCUT2D eigenvalue weighted by Crippen LogP contribution is 2.60. The number of fused-ring (bicyclic) bond motifs is 2. The number of hydrogen-bond acceptors (Lipinski definition) is 3. The summed E-state index contributed by atoms with van der Waals surface area (Å²) in [6, 6.07) is 6.80. The lowest BCUT2D eigenvalue weighted by Crippen LogP contribution is -2.44. The zero-order chi connectivity index (χ0) is 16.1. The highest BCUT2D eigenvalue weighted by Gasteiger charge is 2.64. The van der Waals surface area contributed by atoms with E-state index in [2.05, 4.69) is 5.32 Å². The second kappa shape index (κ2) is 4.77. The molecule has 0 unspecified atom stereocenters. The van der Waals surface area contributed by atoms with E-state index in [0.717, 1.165) is 6.42 Å². The van der Waals surface area contributed by atoms with Gasteiger partial charge in [0.25, 0.3) is 0 Å². The number of carbonyl (C=O) groups excluding carboxylic acids is 3. The van der Waals surface area contributed by atoms with E-state index in [1.165, 1.54) is 6.92 Å². The summed E-state index contributed by atoms with van der Waals surface area (Å²) in [6.07, 6.45) is 2.25. The zero-order valence-electron chi connectivity index (χ0n) is 13.2. The third-order valence-electron chi connectivity index (χ3n) is 5.54. The maximum absolute atomic E-state index is 12.7. The van der Waals surface area contributed by atoms with Crippen molar-refractivity contribution in [1.82, 2.24) is 0 Å². The second-order valence-corrected chi connectivity index (χ2v) is 7.16. The van der Waals surface area contributed by atoms with Crippen LogP contribution < -0.4 is 5.32 Å². The molecule has 2 atom stereocenters. The van der Waals surface area contributed by atoms with Crippen molar-refractivity contribution >= 4 is 23.2 Å². The van der Waals surface area contributed by atoms with Crippen molar-refractivity contribution in [3.63, 3.8) is 0 Å². The molecule has 2 aliphatic carbocycles. The summed E-state index contributed by atoms with van der Waals surface area (Å²) < 4.78 is 0. The topological polar surface area (TPSA) is 63.2 Å². The lowest BCUT2D eigenvalue weighted by Gasteiger charge is -2.32. The number of Topliss-reactive ketones (excluding diaryl/α,β-unsaturated/α-hetero) is 2. The van der Waals surface area contributed by atoms with Gasteiger partial charge in [0.05, 0.1) is 0 Å². The van der Waals surface area contributed by atoms with E-state index in [1.54, 1.807) is 24.3 Å². The molecule has 116 valence electrons. The highest BCUT2D eigenvalue weighted by atomic mass is 16.2. The molecule has 2 bridgehead atoms. The monoisotopic (exact) mass is 299 g/mol. The number of amides is 1. The fraction of sp³-hybridized carbons (Fsp3) is 0.500. The Labute approximate surface area is 130 Å². The summed E-state index contributed by atoms with van der Waals surface area (Å²) in [6.45, 7) is 5.41. The van der Waals surface area contributed by atoms with Crippen LogP contribution in [0.4, 0.5) is 5.69 Å². The fourth-order valence-corrected chi connectivity index (χ4v) is 4.02. The van der Waals surface area contributed by atoms with Gasteiger partial charge in [0.15, 0.2) is 11.6 Å². The van der Waals surface area contributed by atoms with E-state index in [1.807, 2.05) is 13.8 Å². The average Bonchev–Trinajstić information content (AvgIpc) is 3.00. The molecule has 0 aromatic heterocycles. The van der Waals surface area contributed by atoms with E-state index in [-0.39, 0.29) is 17.5 Å². The van der Waals surface area contributed by atoms with Crippen molar-refractivity contribution in [3.8, 4) is 0 Å². The van der Waals surface area contributed by atoms with Crippen molar-refractivity contribution in [2.45, 2.75) is 40.0 Å². The molecule has 0 spiro atoms. The highest BCUT2D eigenvalue weighted by molar-refractivity contribution is 6.15. The van der Waals surface area contributed by atoms with Crippen molar-refractivity contribution < 1.29 is 14.4 Å². The van der Waals surface area contributed by atoms with Crippen LogP contribution in [0.5, 0.6) is 0 Å². The lowest BCUT2D eigenvalue weighted by molar-refractivity contribution is -0.142. The molecule has 22 heavy (non-hydrogen) atoms. The van der Waals surface area contributed by atoms with Gasteiger partial charge in [-0.2, -0.15) is 0 Å². The largest absolute Gasteiger partial charge is 0.325 e. The number of ketones is 2. The van der Waals surface area contributed by atoms with Crippen LogP contribution in [0.15, 0.2) is 24.3 Å². The lowest BCUT2D eigenvalue weighted by atomic mass is 9.70. The minimum atomic E-state index is -0.854. The smallest absolute Gasteiger partial charge is 0.238 e. The number of nitrogens with one attached hydrogen (secondary N) is 1. The Hall–Kier alpha value is -1.97.